The number of carbonyl (C=O) groups excluding carboxylic acids is 1. The lowest BCUT2D eigenvalue weighted by atomic mass is 10.1. The van der Waals surface area contributed by atoms with Gasteiger partial charge in [-0.15, -0.1) is 0 Å². The van der Waals surface area contributed by atoms with E-state index in [0.717, 1.165) is 37.0 Å². The van der Waals surface area contributed by atoms with Gasteiger partial charge in [0.2, 0.25) is 5.89 Å². The third kappa shape index (κ3) is 3.73. The van der Waals surface area contributed by atoms with E-state index in [-0.39, 0.29) is 5.91 Å². The Labute approximate surface area is 170 Å². The van der Waals surface area contributed by atoms with Gasteiger partial charge in [-0.2, -0.15) is 0 Å². The van der Waals surface area contributed by atoms with E-state index in [2.05, 4.69) is 32.9 Å². The van der Waals surface area contributed by atoms with Crippen LogP contribution in [-0.2, 0) is 0 Å². The number of oxazole rings is 1. The van der Waals surface area contributed by atoms with Crippen molar-refractivity contribution in [3.8, 4) is 11.5 Å². The summed E-state index contributed by atoms with van der Waals surface area (Å²) < 4.78 is 6.91. The lowest BCUT2D eigenvalue weighted by Crippen LogP contribution is -2.13. The van der Waals surface area contributed by atoms with Crippen LogP contribution in [0.2, 0.25) is 0 Å². The highest BCUT2D eigenvalue weighted by atomic mass is 127. The molecule has 4 rings (SSSR count). The number of hydrogen-bond acceptors (Lipinski definition) is 3. The zero-order valence-electron chi connectivity index (χ0n) is 14.9. The Balaban J connectivity index is 1.67. The third-order valence-corrected chi connectivity index (χ3v) is 5.03. The summed E-state index contributed by atoms with van der Waals surface area (Å²) in [5.74, 6) is 0.405. The van der Waals surface area contributed by atoms with Gasteiger partial charge in [0.15, 0.2) is 5.58 Å². The van der Waals surface area contributed by atoms with Crippen molar-refractivity contribution >= 4 is 45.3 Å². The summed E-state index contributed by atoms with van der Waals surface area (Å²) in [6.07, 6.45) is 0. The molecule has 5 heteroatoms. The van der Waals surface area contributed by atoms with E-state index in [4.69, 9.17) is 4.42 Å². The number of anilines is 1. The molecule has 1 aromatic heterocycles. The zero-order chi connectivity index (χ0) is 19.0. The second-order valence-corrected chi connectivity index (χ2v) is 7.73. The number of aryl methyl sites for hydroxylation is 2. The van der Waals surface area contributed by atoms with Crippen molar-refractivity contribution in [2.45, 2.75) is 13.8 Å². The Kier molecular flexibility index (Phi) is 4.70. The molecule has 1 N–H and O–H groups in total. The quantitative estimate of drug-likeness (QED) is 0.377. The molecule has 0 saturated carbocycles. The molecule has 0 bridgehead atoms. The molecule has 0 fully saturated rings. The van der Waals surface area contributed by atoms with Crippen molar-refractivity contribution in [2.75, 3.05) is 5.32 Å². The SMILES string of the molecule is Cc1ccc2oc(-c3ccc(C)c(NC(=O)c4cccc(I)c4)c3)nc2c1. The fraction of sp³-hybridized carbons (Fsp3) is 0.0909. The van der Waals surface area contributed by atoms with Crippen molar-refractivity contribution in [3.63, 3.8) is 0 Å². The first kappa shape index (κ1) is 17.7. The molecule has 0 aliphatic carbocycles. The number of nitrogens with zero attached hydrogens (tertiary/aromatic N) is 1. The molecule has 4 nitrogen and oxygen atoms in total. The first-order valence-electron chi connectivity index (χ1n) is 8.55. The smallest absolute Gasteiger partial charge is 0.255 e. The lowest BCUT2D eigenvalue weighted by Gasteiger charge is -2.10. The van der Waals surface area contributed by atoms with Crippen LogP contribution in [0.3, 0.4) is 0 Å². The van der Waals surface area contributed by atoms with Crippen molar-refractivity contribution < 1.29 is 9.21 Å². The van der Waals surface area contributed by atoms with Gasteiger partial charge in [0.25, 0.3) is 5.91 Å². The first-order valence-corrected chi connectivity index (χ1v) is 9.62. The highest BCUT2D eigenvalue weighted by Crippen LogP contribution is 2.28. The molecule has 134 valence electrons. The molecular weight excluding hydrogens is 451 g/mol. The average Bonchev–Trinajstić information content (AvgIpc) is 3.06. The molecule has 0 aliphatic rings. The minimum atomic E-state index is -0.137. The first-order chi connectivity index (χ1) is 13.0. The van der Waals surface area contributed by atoms with Crippen molar-refractivity contribution in [1.29, 1.82) is 0 Å². The number of halogens is 1. The maximum absolute atomic E-state index is 12.6. The molecule has 0 aliphatic heterocycles. The molecule has 4 aromatic rings. The van der Waals surface area contributed by atoms with E-state index in [1.807, 2.05) is 68.4 Å². The van der Waals surface area contributed by atoms with Crippen molar-refractivity contribution in [2.24, 2.45) is 0 Å². The van der Waals surface area contributed by atoms with Crippen LogP contribution >= 0.6 is 22.6 Å². The number of rotatable bonds is 3. The number of amides is 1. The number of hydrogen-bond donors (Lipinski definition) is 1. The van der Waals surface area contributed by atoms with Gasteiger partial charge in [0, 0.05) is 20.4 Å². The van der Waals surface area contributed by atoms with Crippen molar-refractivity contribution in [1.82, 2.24) is 4.98 Å². The van der Waals surface area contributed by atoms with E-state index in [1.54, 1.807) is 6.07 Å². The van der Waals surface area contributed by atoms with Gasteiger partial charge in [-0.1, -0.05) is 18.2 Å². The predicted molar refractivity (Wildman–Crippen MR) is 116 cm³/mol. The van der Waals surface area contributed by atoms with Crippen molar-refractivity contribution in [3.05, 3.63) is 80.9 Å². The number of fused-ring (bicyclic) bond motifs is 1. The lowest BCUT2D eigenvalue weighted by molar-refractivity contribution is 0.102. The van der Waals surface area contributed by atoms with E-state index in [1.165, 1.54) is 0 Å². The van der Waals surface area contributed by atoms with Crippen LogP contribution in [0, 0.1) is 17.4 Å². The Hall–Kier alpha value is -2.67. The van der Waals surface area contributed by atoms with Gasteiger partial charge < -0.3 is 9.73 Å². The van der Waals surface area contributed by atoms with Gasteiger partial charge in [0.1, 0.15) is 5.52 Å². The van der Waals surface area contributed by atoms with Gasteiger partial charge in [-0.05, 0) is 90.0 Å². The number of carbonyl (C=O) groups is 1. The summed E-state index contributed by atoms with van der Waals surface area (Å²) >= 11 is 2.20. The Morgan fingerprint density at radius 3 is 2.70 bits per heavy atom. The van der Waals surface area contributed by atoms with E-state index in [0.29, 0.717) is 11.5 Å². The number of benzene rings is 3. The van der Waals surface area contributed by atoms with Gasteiger partial charge in [0.05, 0.1) is 0 Å². The summed E-state index contributed by atoms with van der Waals surface area (Å²) in [4.78, 5) is 17.2. The Morgan fingerprint density at radius 1 is 1.04 bits per heavy atom. The van der Waals surface area contributed by atoms with Crippen LogP contribution in [0.5, 0.6) is 0 Å². The molecule has 3 aromatic carbocycles. The third-order valence-electron chi connectivity index (χ3n) is 4.36. The molecule has 0 radical (unpaired) electrons. The Morgan fingerprint density at radius 2 is 1.89 bits per heavy atom. The van der Waals surface area contributed by atoms with E-state index < -0.39 is 0 Å². The maximum Gasteiger partial charge on any atom is 0.255 e. The standard InChI is InChI=1S/C22H17IN2O2/c1-13-6-9-20-19(10-13)25-22(27-20)16-8-7-14(2)18(12-16)24-21(26)15-4-3-5-17(23)11-15/h3-12H,1-2H3,(H,24,26). The summed E-state index contributed by atoms with van der Waals surface area (Å²) in [5, 5.41) is 3.00. The fourth-order valence-electron chi connectivity index (χ4n) is 2.87. The molecule has 0 unspecified atom stereocenters. The molecule has 0 atom stereocenters. The molecule has 1 amide bonds. The van der Waals surface area contributed by atoms with Crippen LogP contribution in [0.25, 0.3) is 22.6 Å². The zero-order valence-corrected chi connectivity index (χ0v) is 17.1. The Bertz CT molecular complexity index is 1160. The van der Waals surface area contributed by atoms with Crippen LogP contribution in [0.15, 0.2) is 65.1 Å². The molecule has 0 saturated heterocycles. The fourth-order valence-corrected chi connectivity index (χ4v) is 3.42. The molecular formula is C22H17IN2O2. The minimum absolute atomic E-state index is 0.137. The summed E-state index contributed by atoms with van der Waals surface area (Å²) in [5.41, 5.74) is 5.89. The maximum atomic E-state index is 12.6. The average molecular weight is 468 g/mol. The van der Waals surface area contributed by atoms with Gasteiger partial charge in [-0.3, -0.25) is 4.79 Å². The molecule has 0 spiro atoms. The highest BCUT2D eigenvalue weighted by molar-refractivity contribution is 14.1. The largest absolute Gasteiger partial charge is 0.436 e. The van der Waals surface area contributed by atoms with Gasteiger partial charge >= 0.3 is 0 Å². The van der Waals surface area contributed by atoms with E-state index in [9.17, 15) is 4.79 Å². The van der Waals surface area contributed by atoms with Crippen LogP contribution in [0.1, 0.15) is 21.5 Å². The van der Waals surface area contributed by atoms with Crippen LogP contribution in [-0.4, -0.2) is 10.9 Å². The molecule has 27 heavy (non-hydrogen) atoms. The molecule has 1 heterocycles. The monoisotopic (exact) mass is 468 g/mol. The minimum Gasteiger partial charge on any atom is -0.436 e. The van der Waals surface area contributed by atoms with E-state index >= 15 is 0 Å². The summed E-state index contributed by atoms with van der Waals surface area (Å²) in [7, 11) is 0. The highest BCUT2D eigenvalue weighted by Gasteiger charge is 2.13. The normalized spacial score (nSPS) is 10.9. The number of nitrogens with one attached hydrogen (secondary N) is 1. The second kappa shape index (κ2) is 7.15. The topological polar surface area (TPSA) is 55.1 Å². The van der Waals surface area contributed by atoms with Gasteiger partial charge in [-0.25, -0.2) is 4.98 Å². The van der Waals surface area contributed by atoms with Crippen LogP contribution < -0.4 is 5.32 Å². The summed E-state index contributed by atoms with van der Waals surface area (Å²) in [6.45, 7) is 3.99. The predicted octanol–water partition coefficient (Wildman–Crippen LogP) is 5.97. The number of aromatic nitrogens is 1. The summed E-state index contributed by atoms with van der Waals surface area (Å²) in [6, 6.07) is 19.2. The van der Waals surface area contributed by atoms with Crippen LogP contribution in [0.4, 0.5) is 5.69 Å². The second-order valence-electron chi connectivity index (χ2n) is 6.48.